The number of nitrogens with zero attached hydrogens (tertiary/aromatic N) is 4. The summed E-state index contributed by atoms with van der Waals surface area (Å²) in [5.74, 6) is 1.33. The van der Waals surface area contributed by atoms with Gasteiger partial charge in [0.25, 0.3) is 0 Å². The Morgan fingerprint density at radius 3 is 2.90 bits per heavy atom. The summed E-state index contributed by atoms with van der Waals surface area (Å²) in [4.78, 5) is 22.2. The number of likely N-dealkylation sites (N-methyl/N-ethyl adjacent to an activating group) is 1. The molecule has 2 rings (SSSR count). The number of carbonyl (C=O) groups excluding carboxylic acids is 1. The number of amides is 1. The normalized spacial score (nSPS) is 12.2. The number of fused-ring (bicyclic) bond motifs is 1. The third kappa shape index (κ3) is 2.81. The summed E-state index contributed by atoms with van der Waals surface area (Å²) < 4.78 is 1.88. The van der Waals surface area contributed by atoms with Crippen LogP contribution >= 0.6 is 0 Å². The molecule has 0 aliphatic carbocycles. The minimum atomic E-state index is -0.366. The van der Waals surface area contributed by atoms with Gasteiger partial charge >= 0.3 is 0 Å². The van der Waals surface area contributed by atoms with Gasteiger partial charge in [-0.1, -0.05) is 0 Å². The van der Waals surface area contributed by atoms with E-state index in [2.05, 4.69) is 20.6 Å². The first kappa shape index (κ1) is 14.1. The molecule has 1 amide bonds. The number of rotatable bonds is 5. The molecule has 0 bridgehead atoms. The van der Waals surface area contributed by atoms with Crippen LogP contribution in [0.3, 0.4) is 0 Å². The van der Waals surface area contributed by atoms with Crippen LogP contribution < -0.4 is 10.6 Å². The zero-order chi connectivity index (χ0) is 14.7. The van der Waals surface area contributed by atoms with Gasteiger partial charge in [0.05, 0.1) is 6.20 Å². The predicted molar refractivity (Wildman–Crippen MR) is 78.9 cm³/mol. The molecule has 0 saturated carbocycles. The SMILES string of the molecule is CCNc1cn2ccnc2c(NC(C)C(=O)N(C)C)n1. The van der Waals surface area contributed by atoms with Crippen molar-refractivity contribution in [3.05, 3.63) is 18.6 Å². The molecule has 0 radical (unpaired) electrons. The number of carbonyl (C=O) groups is 1. The topological polar surface area (TPSA) is 74.6 Å². The van der Waals surface area contributed by atoms with E-state index in [0.29, 0.717) is 11.5 Å². The van der Waals surface area contributed by atoms with Gasteiger partial charge in [0.2, 0.25) is 5.91 Å². The summed E-state index contributed by atoms with van der Waals surface area (Å²) in [5, 5.41) is 6.29. The van der Waals surface area contributed by atoms with Crippen LogP contribution in [0.1, 0.15) is 13.8 Å². The molecule has 0 spiro atoms. The molecule has 20 heavy (non-hydrogen) atoms. The smallest absolute Gasteiger partial charge is 0.244 e. The first-order valence-electron chi connectivity index (χ1n) is 6.58. The van der Waals surface area contributed by atoms with Crippen molar-refractivity contribution in [3.63, 3.8) is 0 Å². The van der Waals surface area contributed by atoms with Crippen molar-refractivity contribution in [1.29, 1.82) is 0 Å². The van der Waals surface area contributed by atoms with Gasteiger partial charge < -0.3 is 19.9 Å². The van der Waals surface area contributed by atoms with Crippen molar-refractivity contribution < 1.29 is 4.79 Å². The van der Waals surface area contributed by atoms with Gasteiger partial charge in [0, 0.05) is 33.0 Å². The van der Waals surface area contributed by atoms with Crippen LogP contribution in [0.25, 0.3) is 5.65 Å². The Balaban J connectivity index is 2.32. The quantitative estimate of drug-likeness (QED) is 0.854. The highest BCUT2D eigenvalue weighted by Gasteiger charge is 2.17. The van der Waals surface area contributed by atoms with E-state index in [1.165, 1.54) is 0 Å². The van der Waals surface area contributed by atoms with E-state index in [-0.39, 0.29) is 11.9 Å². The standard InChI is InChI=1S/C13H20N6O/c1-5-14-10-8-19-7-6-15-12(19)11(17-10)16-9(2)13(20)18(3)4/h6-9,14H,5H2,1-4H3,(H,16,17). The largest absolute Gasteiger partial charge is 0.369 e. The second kappa shape index (κ2) is 5.77. The Morgan fingerprint density at radius 1 is 1.50 bits per heavy atom. The lowest BCUT2D eigenvalue weighted by Crippen LogP contribution is -2.37. The first-order chi connectivity index (χ1) is 9.52. The molecule has 0 aromatic carbocycles. The lowest BCUT2D eigenvalue weighted by atomic mass is 10.3. The van der Waals surface area contributed by atoms with Gasteiger partial charge in [0.1, 0.15) is 11.9 Å². The highest BCUT2D eigenvalue weighted by Crippen LogP contribution is 2.17. The van der Waals surface area contributed by atoms with Crippen molar-refractivity contribution in [1.82, 2.24) is 19.3 Å². The molecule has 2 aromatic rings. The maximum atomic E-state index is 11.9. The van der Waals surface area contributed by atoms with Gasteiger partial charge in [-0.25, -0.2) is 9.97 Å². The van der Waals surface area contributed by atoms with Crippen molar-refractivity contribution in [2.24, 2.45) is 0 Å². The molecule has 2 N–H and O–H groups in total. The molecule has 108 valence electrons. The number of aromatic nitrogens is 3. The van der Waals surface area contributed by atoms with E-state index in [9.17, 15) is 4.79 Å². The summed E-state index contributed by atoms with van der Waals surface area (Å²) in [7, 11) is 3.46. The van der Waals surface area contributed by atoms with Crippen LogP contribution in [0.4, 0.5) is 11.6 Å². The molecular formula is C13H20N6O. The van der Waals surface area contributed by atoms with Crippen LogP contribution in [0.5, 0.6) is 0 Å². The van der Waals surface area contributed by atoms with E-state index >= 15 is 0 Å². The molecule has 2 heterocycles. The second-order valence-corrected chi connectivity index (χ2v) is 4.76. The third-order valence-corrected chi connectivity index (χ3v) is 2.90. The van der Waals surface area contributed by atoms with Crippen LogP contribution in [0.2, 0.25) is 0 Å². The molecule has 0 aliphatic rings. The zero-order valence-corrected chi connectivity index (χ0v) is 12.2. The maximum absolute atomic E-state index is 11.9. The Kier molecular flexibility index (Phi) is 4.07. The van der Waals surface area contributed by atoms with Crippen molar-refractivity contribution in [2.75, 3.05) is 31.3 Å². The fourth-order valence-corrected chi connectivity index (χ4v) is 1.95. The number of hydrogen-bond acceptors (Lipinski definition) is 5. The molecule has 2 aromatic heterocycles. The molecule has 0 aliphatic heterocycles. The van der Waals surface area contributed by atoms with E-state index < -0.39 is 0 Å². The fourth-order valence-electron chi connectivity index (χ4n) is 1.95. The van der Waals surface area contributed by atoms with E-state index in [0.717, 1.165) is 12.4 Å². The van der Waals surface area contributed by atoms with E-state index in [4.69, 9.17) is 0 Å². The average molecular weight is 276 g/mol. The van der Waals surface area contributed by atoms with Gasteiger partial charge in [0.15, 0.2) is 11.5 Å². The number of hydrogen-bond donors (Lipinski definition) is 2. The van der Waals surface area contributed by atoms with Crippen molar-refractivity contribution >= 4 is 23.2 Å². The molecule has 7 heteroatoms. The maximum Gasteiger partial charge on any atom is 0.244 e. The number of imidazole rings is 1. The lowest BCUT2D eigenvalue weighted by Gasteiger charge is -2.19. The number of nitrogens with one attached hydrogen (secondary N) is 2. The predicted octanol–water partition coefficient (Wildman–Crippen LogP) is 1.05. The minimum absolute atomic E-state index is 0.00893. The van der Waals surface area contributed by atoms with Crippen LogP contribution in [0.15, 0.2) is 18.6 Å². The van der Waals surface area contributed by atoms with Crippen LogP contribution in [-0.4, -0.2) is 51.9 Å². The van der Waals surface area contributed by atoms with Gasteiger partial charge in [-0.2, -0.15) is 0 Å². The summed E-state index contributed by atoms with van der Waals surface area (Å²) in [6.45, 7) is 4.59. The van der Waals surface area contributed by atoms with Crippen LogP contribution in [-0.2, 0) is 4.79 Å². The molecule has 1 atom stereocenters. The summed E-state index contributed by atoms with van der Waals surface area (Å²) in [6, 6.07) is -0.366. The van der Waals surface area contributed by atoms with E-state index in [1.54, 1.807) is 25.2 Å². The molecule has 0 saturated heterocycles. The Morgan fingerprint density at radius 2 is 2.25 bits per heavy atom. The van der Waals surface area contributed by atoms with Crippen molar-refractivity contribution in [2.45, 2.75) is 19.9 Å². The average Bonchev–Trinajstić information content (AvgIpc) is 2.86. The highest BCUT2D eigenvalue weighted by atomic mass is 16.2. The molecule has 0 fully saturated rings. The Hall–Kier alpha value is -2.31. The minimum Gasteiger partial charge on any atom is -0.369 e. The summed E-state index contributed by atoms with van der Waals surface area (Å²) >= 11 is 0. The van der Waals surface area contributed by atoms with Gasteiger partial charge in [-0.15, -0.1) is 0 Å². The molecule has 1 unspecified atom stereocenters. The molecule has 7 nitrogen and oxygen atoms in total. The fraction of sp³-hybridized carbons (Fsp3) is 0.462. The van der Waals surface area contributed by atoms with E-state index in [1.807, 2.05) is 30.6 Å². The van der Waals surface area contributed by atoms with Crippen molar-refractivity contribution in [3.8, 4) is 0 Å². The Bertz CT molecular complexity index is 606. The van der Waals surface area contributed by atoms with Gasteiger partial charge in [-0.05, 0) is 13.8 Å². The summed E-state index contributed by atoms with van der Waals surface area (Å²) in [5.41, 5.74) is 0.699. The Labute approximate surface area is 118 Å². The second-order valence-electron chi connectivity index (χ2n) is 4.76. The van der Waals surface area contributed by atoms with Crippen LogP contribution in [0, 0.1) is 0 Å². The highest BCUT2D eigenvalue weighted by molar-refractivity contribution is 5.84. The number of anilines is 2. The lowest BCUT2D eigenvalue weighted by molar-refractivity contribution is -0.129. The first-order valence-corrected chi connectivity index (χ1v) is 6.58. The third-order valence-electron chi connectivity index (χ3n) is 2.90. The molecular weight excluding hydrogens is 256 g/mol. The zero-order valence-electron chi connectivity index (χ0n) is 12.2. The van der Waals surface area contributed by atoms with Gasteiger partial charge in [-0.3, -0.25) is 4.79 Å². The monoisotopic (exact) mass is 276 g/mol. The summed E-state index contributed by atoms with van der Waals surface area (Å²) in [6.07, 6.45) is 5.42.